The zero-order chi connectivity index (χ0) is 20.8. The largest absolute Gasteiger partial charge is 0.377 e. The number of nitrogens with zero attached hydrogens (tertiary/aromatic N) is 2. The molecular formula is C22H28N4O3. The van der Waals surface area contributed by atoms with Gasteiger partial charge in [-0.05, 0) is 49.2 Å². The second-order valence-corrected chi connectivity index (χ2v) is 7.37. The van der Waals surface area contributed by atoms with E-state index in [-0.39, 0.29) is 17.2 Å². The highest BCUT2D eigenvalue weighted by Gasteiger charge is 2.25. The summed E-state index contributed by atoms with van der Waals surface area (Å²) in [5.41, 5.74) is 2.92. The molecule has 1 saturated carbocycles. The molecule has 3 rings (SSSR count). The van der Waals surface area contributed by atoms with Crippen LogP contribution in [0.1, 0.15) is 48.2 Å². The third kappa shape index (κ3) is 5.77. The van der Waals surface area contributed by atoms with E-state index >= 15 is 0 Å². The number of hydrogen-bond donors (Lipinski definition) is 2. The Labute approximate surface area is 171 Å². The van der Waals surface area contributed by atoms with Crippen LogP contribution in [0.3, 0.4) is 0 Å². The lowest BCUT2D eigenvalue weighted by atomic mass is 10.1. The van der Waals surface area contributed by atoms with Crippen LogP contribution in [-0.2, 0) is 13.1 Å². The normalized spacial score (nSPS) is 13.3. The highest BCUT2D eigenvalue weighted by atomic mass is 16.6. The number of carbonyl (C=O) groups excluding carboxylic acids is 1. The summed E-state index contributed by atoms with van der Waals surface area (Å²) < 4.78 is 0. The molecule has 2 aromatic carbocycles. The van der Waals surface area contributed by atoms with Gasteiger partial charge in [0.05, 0.1) is 4.92 Å². The minimum Gasteiger partial charge on any atom is -0.377 e. The average molecular weight is 396 g/mol. The van der Waals surface area contributed by atoms with Gasteiger partial charge in [0.15, 0.2) is 0 Å². The predicted octanol–water partition coefficient (Wildman–Crippen LogP) is 3.94. The maximum absolute atomic E-state index is 12.5. The van der Waals surface area contributed by atoms with Crippen LogP contribution in [0.25, 0.3) is 0 Å². The van der Waals surface area contributed by atoms with E-state index in [2.05, 4.69) is 41.5 Å². The van der Waals surface area contributed by atoms with Gasteiger partial charge in [-0.3, -0.25) is 19.8 Å². The van der Waals surface area contributed by atoms with Crippen molar-refractivity contribution in [2.75, 3.05) is 18.4 Å². The fourth-order valence-electron chi connectivity index (χ4n) is 3.15. The number of nitro groups is 1. The standard InChI is InChI=1S/C22H28N4O3/c1-3-25(4-2)15-17-7-5-16(6-8-17)14-23-22(27)18-9-12-20(24-19-10-11-19)21(13-18)26(28)29/h5-9,12-13,19,24H,3-4,10-11,14-15H2,1-2H3,(H,23,27). The predicted molar refractivity (Wildman–Crippen MR) is 114 cm³/mol. The van der Waals surface area contributed by atoms with Gasteiger partial charge >= 0.3 is 0 Å². The van der Waals surface area contributed by atoms with Crippen LogP contribution >= 0.6 is 0 Å². The number of hydrogen-bond acceptors (Lipinski definition) is 5. The maximum Gasteiger partial charge on any atom is 0.293 e. The van der Waals surface area contributed by atoms with E-state index < -0.39 is 4.92 Å². The van der Waals surface area contributed by atoms with Gasteiger partial charge in [-0.2, -0.15) is 0 Å². The molecule has 0 radical (unpaired) electrons. The van der Waals surface area contributed by atoms with Crippen LogP contribution in [0.4, 0.5) is 11.4 Å². The lowest BCUT2D eigenvalue weighted by molar-refractivity contribution is -0.384. The molecule has 29 heavy (non-hydrogen) atoms. The van der Waals surface area contributed by atoms with E-state index in [9.17, 15) is 14.9 Å². The molecule has 1 aliphatic rings. The highest BCUT2D eigenvalue weighted by molar-refractivity contribution is 5.95. The van der Waals surface area contributed by atoms with Crippen LogP contribution in [0.2, 0.25) is 0 Å². The Morgan fingerprint density at radius 2 is 1.76 bits per heavy atom. The molecule has 0 atom stereocenters. The molecule has 7 nitrogen and oxygen atoms in total. The molecule has 0 spiro atoms. The van der Waals surface area contributed by atoms with Gasteiger partial charge in [-0.1, -0.05) is 38.1 Å². The quantitative estimate of drug-likeness (QED) is 0.469. The fourth-order valence-corrected chi connectivity index (χ4v) is 3.15. The summed E-state index contributed by atoms with van der Waals surface area (Å²) in [6, 6.07) is 13.0. The van der Waals surface area contributed by atoms with Gasteiger partial charge in [-0.25, -0.2) is 0 Å². The topological polar surface area (TPSA) is 87.5 Å². The molecule has 2 aromatic rings. The molecule has 154 valence electrons. The summed E-state index contributed by atoms with van der Waals surface area (Å²) in [4.78, 5) is 25.7. The Kier molecular flexibility index (Phi) is 6.82. The summed E-state index contributed by atoms with van der Waals surface area (Å²) in [6.45, 7) is 7.59. The second-order valence-electron chi connectivity index (χ2n) is 7.37. The molecule has 0 unspecified atom stereocenters. The molecule has 0 saturated heterocycles. The summed E-state index contributed by atoms with van der Waals surface area (Å²) in [5, 5.41) is 17.3. The monoisotopic (exact) mass is 396 g/mol. The minimum atomic E-state index is -0.448. The number of benzene rings is 2. The average Bonchev–Trinajstić information content (AvgIpc) is 3.55. The van der Waals surface area contributed by atoms with Gasteiger partial charge in [0.1, 0.15) is 5.69 Å². The van der Waals surface area contributed by atoms with E-state index in [1.807, 2.05) is 12.1 Å². The van der Waals surface area contributed by atoms with Crippen molar-refractivity contribution < 1.29 is 9.72 Å². The van der Waals surface area contributed by atoms with Crippen molar-refractivity contribution in [1.29, 1.82) is 0 Å². The summed E-state index contributed by atoms with van der Waals surface area (Å²) in [6.07, 6.45) is 2.04. The van der Waals surface area contributed by atoms with E-state index in [0.717, 1.165) is 38.0 Å². The third-order valence-electron chi connectivity index (χ3n) is 5.17. The van der Waals surface area contributed by atoms with Crippen LogP contribution in [0, 0.1) is 10.1 Å². The number of amides is 1. The number of nitro benzene ring substituents is 1. The second kappa shape index (κ2) is 9.52. The number of nitrogens with one attached hydrogen (secondary N) is 2. The van der Waals surface area contributed by atoms with Crippen LogP contribution < -0.4 is 10.6 Å². The summed E-state index contributed by atoms with van der Waals surface area (Å²) in [5.74, 6) is -0.321. The fraction of sp³-hybridized carbons (Fsp3) is 0.409. The first kappa shape index (κ1) is 20.8. The Hall–Kier alpha value is -2.93. The first-order valence-corrected chi connectivity index (χ1v) is 10.1. The van der Waals surface area contributed by atoms with E-state index in [1.54, 1.807) is 12.1 Å². The first-order valence-electron chi connectivity index (χ1n) is 10.1. The van der Waals surface area contributed by atoms with Crippen molar-refractivity contribution in [3.63, 3.8) is 0 Å². The Balaban J connectivity index is 1.60. The first-order chi connectivity index (χ1) is 14.0. The van der Waals surface area contributed by atoms with Crippen molar-refractivity contribution in [3.05, 3.63) is 69.3 Å². The molecule has 0 aromatic heterocycles. The maximum atomic E-state index is 12.5. The van der Waals surface area contributed by atoms with Gasteiger partial charge < -0.3 is 10.6 Å². The Morgan fingerprint density at radius 3 is 2.34 bits per heavy atom. The van der Waals surface area contributed by atoms with Crippen LogP contribution in [-0.4, -0.2) is 34.9 Å². The number of carbonyl (C=O) groups is 1. The van der Waals surface area contributed by atoms with E-state index in [4.69, 9.17) is 0 Å². The van der Waals surface area contributed by atoms with Crippen molar-refractivity contribution >= 4 is 17.3 Å². The molecule has 1 amide bonds. The smallest absolute Gasteiger partial charge is 0.293 e. The van der Waals surface area contributed by atoms with Crippen LogP contribution in [0.15, 0.2) is 42.5 Å². The van der Waals surface area contributed by atoms with E-state index in [0.29, 0.717) is 18.3 Å². The lowest BCUT2D eigenvalue weighted by Crippen LogP contribution is -2.23. The van der Waals surface area contributed by atoms with Gasteiger partial charge in [0.2, 0.25) is 0 Å². The number of rotatable bonds is 10. The Bertz CT molecular complexity index is 859. The van der Waals surface area contributed by atoms with Crippen LogP contribution in [0.5, 0.6) is 0 Å². The van der Waals surface area contributed by atoms with Gasteiger partial charge in [0, 0.05) is 30.8 Å². The summed E-state index contributed by atoms with van der Waals surface area (Å²) >= 11 is 0. The minimum absolute atomic E-state index is 0.0645. The lowest BCUT2D eigenvalue weighted by Gasteiger charge is -2.18. The van der Waals surface area contributed by atoms with E-state index in [1.165, 1.54) is 11.6 Å². The van der Waals surface area contributed by atoms with Crippen molar-refractivity contribution in [3.8, 4) is 0 Å². The summed E-state index contributed by atoms with van der Waals surface area (Å²) in [7, 11) is 0. The van der Waals surface area contributed by atoms with Crippen molar-refractivity contribution in [2.45, 2.75) is 45.8 Å². The van der Waals surface area contributed by atoms with Crippen molar-refractivity contribution in [1.82, 2.24) is 10.2 Å². The SMILES string of the molecule is CCN(CC)Cc1ccc(CNC(=O)c2ccc(NC3CC3)c([N+](=O)[O-])c2)cc1. The Morgan fingerprint density at radius 1 is 1.10 bits per heavy atom. The molecular weight excluding hydrogens is 368 g/mol. The zero-order valence-corrected chi connectivity index (χ0v) is 17.0. The van der Waals surface area contributed by atoms with Gasteiger partial charge in [-0.15, -0.1) is 0 Å². The molecule has 0 aliphatic heterocycles. The molecule has 2 N–H and O–H groups in total. The zero-order valence-electron chi connectivity index (χ0n) is 17.0. The van der Waals surface area contributed by atoms with Crippen molar-refractivity contribution in [2.24, 2.45) is 0 Å². The molecule has 0 heterocycles. The molecule has 0 bridgehead atoms. The highest BCUT2D eigenvalue weighted by Crippen LogP contribution is 2.31. The molecule has 7 heteroatoms. The molecule has 1 fully saturated rings. The van der Waals surface area contributed by atoms with Gasteiger partial charge in [0.25, 0.3) is 11.6 Å². The third-order valence-corrected chi connectivity index (χ3v) is 5.17. The molecule has 1 aliphatic carbocycles. The number of anilines is 1.